The average molecular weight is 410 g/mol. The summed E-state index contributed by atoms with van der Waals surface area (Å²) in [6.07, 6.45) is 0. The third-order valence-corrected chi connectivity index (χ3v) is 5.78. The summed E-state index contributed by atoms with van der Waals surface area (Å²) in [5.74, 6) is 1.02. The molecular formula is C18H18Br2O. The zero-order valence-electron chi connectivity index (χ0n) is 12.4. The first-order valence-electron chi connectivity index (χ1n) is 7.06. The molecule has 2 aromatic carbocycles. The molecule has 0 radical (unpaired) electrons. The highest BCUT2D eigenvalue weighted by atomic mass is 79.9. The Bertz CT molecular complexity index is 692. The van der Waals surface area contributed by atoms with Crippen LogP contribution in [0.2, 0.25) is 0 Å². The zero-order chi connectivity index (χ0) is 15.2. The maximum Gasteiger partial charge on any atom is 0.123 e. The van der Waals surface area contributed by atoms with Crippen molar-refractivity contribution in [2.75, 3.05) is 6.61 Å². The number of aryl methyl sites for hydroxylation is 1. The number of ether oxygens (including phenoxy) is 1. The molecular weight excluding hydrogens is 392 g/mol. The summed E-state index contributed by atoms with van der Waals surface area (Å²) in [6.45, 7) is 7.34. The molecule has 1 unspecified atom stereocenters. The minimum absolute atomic E-state index is 0.0852. The van der Waals surface area contributed by atoms with E-state index in [4.69, 9.17) is 4.74 Å². The normalized spacial score (nSPS) is 17.2. The van der Waals surface area contributed by atoms with Crippen LogP contribution in [-0.2, 0) is 5.41 Å². The molecule has 0 saturated heterocycles. The summed E-state index contributed by atoms with van der Waals surface area (Å²) in [7, 11) is 0. The van der Waals surface area contributed by atoms with Crippen LogP contribution in [0.1, 0.15) is 40.9 Å². The molecule has 0 spiro atoms. The van der Waals surface area contributed by atoms with Gasteiger partial charge in [-0.25, -0.2) is 0 Å². The quantitative estimate of drug-likeness (QED) is 0.560. The van der Waals surface area contributed by atoms with Gasteiger partial charge in [0, 0.05) is 15.5 Å². The first kappa shape index (κ1) is 15.1. The second-order valence-corrected chi connectivity index (χ2v) is 8.09. The Morgan fingerprint density at radius 2 is 1.90 bits per heavy atom. The summed E-state index contributed by atoms with van der Waals surface area (Å²) in [6, 6.07) is 13.0. The third-order valence-electron chi connectivity index (χ3n) is 4.04. The molecule has 110 valence electrons. The van der Waals surface area contributed by atoms with Gasteiger partial charge in [-0.3, -0.25) is 0 Å². The second kappa shape index (κ2) is 5.44. The Labute approximate surface area is 143 Å². The van der Waals surface area contributed by atoms with E-state index in [9.17, 15) is 0 Å². The van der Waals surface area contributed by atoms with Crippen molar-refractivity contribution in [2.45, 2.75) is 31.0 Å². The Morgan fingerprint density at radius 1 is 1.14 bits per heavy atom. The molecule has 0 aromatic heterocycles. The standard InChI is InChI=1S/C18H18Br2O/c1-11-4-6-15(19)13(8-11)17(20)12-5-7-16-14(9-12)18(2,3)10-21-16/h4-9,17H,10H2,1-3H3. The van der Waals surface area contributed by atoms with Crippen LogP contribution in [0.25, 0.3) is 0 Å². The number of halogens is 2. The van der Waals surface area contributed by atoms with Gasteiger partial charge >= 0.3 is 0 Å². The van der Waals surface area contributed by atoms with Gasteiger partial charge in [-0.15, -0.1) is 0 Å². The van der Waals surface area contributed by atoms with Crippen LogP contribution in [0.5, 0.6) is 5.75 Å². The van der Waals surface area contributed by atoms with Crippen LogP contribution in [0.3, 0.4) is 0 Å². The fourth-order valence-corrected chi connectivity index (χ4v) is 4.18. The van der Waals surface area contributed by atoms with Gasteiger partial charge in [0.25, 0.3) is 0 Å². The topological polar surface area (TPSA) is 9.23 Å². The molecule has 0 fully saturated rings. The summed E-state index contributed by atoms with van der Waals surface area (Å²) >= 11 is 7.51. The van der Waals surface area contributed by atoms with Crippen molar-refractivity contribution in [1.82, 2.24) is 0 Å². The summed E-state index contributed by atoms with van der Waals surface area (Å²) in [5, 5.41) is 0. The van der Waals surface area contributed by atoms with E-state index in [2.05, 4.69) is 89.0 Å². The smallest absolute Gasteiger partial charge is 0.123 e. The Hall–Kier alpha value is -0.800. The summed E-state index contributed by atoms with van der Waals surface area (Å²) in [5.41, 5.74) is 5.17. The molecule has 3 heteroatoms. The van der Waals surface area contributed by atoms with Gasteiger partial charge in [0.2, 0.25) is 0 Å². The molecule has 0 saturated carbocycles. The third kappa shape index (κ3) is 2.78. The molecule has 1 aliphatic heterocycles. The van der Waals surface area contributed by atoms with Gasteiger partial charge in [0.15, 0.2) is 0 Å². The Morgan fingerprint density at radius 3 is 2.67 bits per heavy atom. The molecule has 21 heavy (non-hydrogen) atoms. The largest absolute Gasteiger partial charge is 0.492 e. The number of hydrogen-bond donors (Lipinski definition) is 0. The first-order chi connectivity index (χ1) is 9.88. The molecule has 0 aliphatic carbocycles. The predicted molar refractivity (Wildman–Crippen MR) is 94.6 cm³/mol. The number of hydrogen-bond acceptors (Lipinski definition) is 1. The summed E-state index contributed by atoms with van der Waals surface area (Å²) < 4.78 is 6.90. The van der Waals surface area contributed by atoms with Gasteiger partial charge < -0.3 is 4.74 Å². The lowest BCUT2D eigenvalue weighted by atomic mass is 9.85. The molecule has 0 bridgehead atoms. The van der Waals surface area contributed by atoms with E-state index in [1.54, 1.807) is 0 Å². The van der Waals surface area contributed by atoms with Crippen molar-refractivity contribution in [3.8, 4) is 5.75 Å². The lowest BCUT2D eigenvalue weighted by Gasteiger charge is -2.18. The van der Waals surface area contributed by atoms with E-state index < -0.39 is 0 Å². The molecule has 1 aliphatic rings. The first-order valence-corrected chi connectivity index (χ1v) is 8.77. The van der Waals surface area contributed by atoms with Crippen LogP contribution < -0.4 is 4.74 Å². The van der Waals surface area contributed by atoms with Crippen molar-refractivity contribution in [3.05, 3.63) is 63.1 Å². The number of fused-ring (bicyclic) bond motifs is 1. The maximum atomic E-state index is 5.77. The monoisotopic (exact) mass is 408 g/mol. The minimum Gasteiger partial charge on any atom is -0.492 e. The molecule has 0 N–H and O–H groups in total. The van der Waals surface area contributed by atoms with E-state index in [-0.39, 0.29) is 10.2 Å². The Kier molecular flexibility index (Phi) is 3.91. The van der Waals surface area contributed by atoms with E-state index >= 15 is 0 Å². The van der Waals surface area contributed by atoms with Crippen LogP contribution in [0.15, 0.2) is 40.9 Å². The fourth-order valence-electron chi connectivity index (χ4n) is 2.73. The maximum absolute atomic E-state index is 5.77. The number of benzene rings is 2. The molecule has 2 aromatic rings. The summed E-state index contributed by atoms with van der Waals surface area (Å²) in [4.78, 5) is 0.175. The molecule has 1 nitrogen and oxygen atoms in total. The van der Waals surface area contributed by atoms with E-state index in [0.29, 0.717) is 0 Å². The van der Waals surface area contributed by atoms with E-state index in [1.807, 2.05) is 0 Å². The van der Waals surface area contributed by atoms with Crippen LogP contribution in [0.4, 0.5) is 0 Å². The highest BCUT2D eigenvalue weighted by Gasteiger charge is 2.32. The predicted octanol–water partition coefficient (Wildman–Crippen LogP) is 5.91. The lowest BCUT2D eigenvalue weighted by molar-refractivity contribution is 0.291. The Balaban J connectivity index is 2.03. The number of alkyl halides is 1. The SMILES string of the molecule is Cc1ccc(Br)c(C(Br)c2ccc3c(c2)C(C)(C)CO3)c1. The van der Waals surface area contributed by atoms with Crippen LogP contribution >= 0.6 is 31.9 Å². The van der Waals surface area contributed by atoms with E-state index in [0.717, 1.165) is 16.8 Å². The highest BCUT2D eigenvalue weighted by Crippen LogP contribution is 2.43. The molecule has 0 amide bonds. The van der Waals surface area contributed by atoms with Crippen molar-refractivity contribution in [2.24, 2.45) is 0 Å². The minimum atomic E-state index is 0.0852. The van der Waals surface area contributed by atoms with Gasteiger partial charge in [-0.2, -0.15) is 0 Å². The van der Waals surface area contributed by atoms with Crippen LogP contribution in [-0.4, -0.2) is 6.61 Å². The van der Waals surface area contributed by atoms with Crippen molar-refractivity contribution in [1.29, 1.82) is 0 Å². The fraction of sp³-hybridized carbons (Fsp3) is 0.333. The molecule has 1 heterocycles. The van der Waals surface area contributed by atoms with Crippen molar-refractivity contribution < 1.29 is 4.74 Å². The number of rotatable bonds is 2. The van der Waals surface area contributed by atoms with Crippen molar-refractivity contribution >= 4 is 31.9 Å². The molecule has 1 atom stereocenters. The zero-order valence-corrected chi connectivity index (χ0v) is 15.6. The van der Waals surface area contributed by atoms with Gasteiger partial charge in [-0.1, -0.05) is 69.5 Å². The second-order valence-electron chi connectivity index (χ2n) is 6.32. The lowest BCUT2D eigenvalue weighted by Crippen LogP contribution is -2.18. The molecule has 3 rings (SSSR count). The van der Waals surface area contributed by atoms with Gasteiger partial charge in [0.1, 0.15) is 5.75 Å². The van der Waals surface area contributed by atoms with Crippen LogP contribution in [0, 0.1) is 6.92 Å². The average Bonchev–Trinajstić information content (AvgIpc) is 2.76. The highest BCUT2D eigenvalue weighted by molar-refractivity contribution is 9.11. The van der Waals surface area contributed by atoms with Crippen molar-refractivity contribution in [3.63, 3.8) is 0 Å². The van der Waals surface area contributed by atoms with Gasteiger partial charge in [-0.05, 0) is 36.2 Å². The van der Waals surface area contributed by atoms with E-state index in [1.165, 1.54) is 22.3 Å². The van der Waals surface area contributed by atoms with Gasteiger partial charge in [0.05, 0.1) is 11.4 Å².